The van der Waals surface area contributed by atoms with Crippen LogP contribution in [0, 0.1) is 0 Å². The first-order valence-electron chi connectivity index (χ1n) is 8.02. The molecule has 0 aromatic heterocycles. The Hall–Kier alpha value is -2.33. The minimum atomic E-state index is -0.182. The molecular formula is C19H21ClN2O2. The van der Waals surface area contributed by atoms with Crippen LogP contribution >= 0.6 is 11.6 Å². The molecule has 5 heteroatoms. The van der Waals surface area contributed by atoms with E-state index in [4.69, 9.17) is 11.6 Å². The van der Waals surface area contributed by atoms with Gasteiger partial charge in [-0.25, -0.2) is 0 Å². The van der Waals surface area contributed by atoms with E-state index in [2.05, 4.69) is 10.6 Å². The van der Waals surface area contributed by atoms with E-state index in [9.17, 15) is 9.59 Å². The molecule has 0 aliphatic rings. The fourth-order valence-electron chi connectivity index (χ4n) is 2.29. The average Bonchev–Trinajstić information content (AvgIpc) is 2.59. The maximum absolute atomic E-state index is 12.2. The lowest BCUT2D eigenvalue weighted by molar-refractivity contribution is -0.116. The summed E-state index contributed by atoms with van der Waals surface area (Å²) < 4.78 is 0. The number of aryl methyl sites for hydroxylation is 1. The lowest BCUT2D eigenvalue weighted by Crippen LogP contribution is -2.25. The summed E-state index contributed by atoms with van der Waals surface area (Å²) in [5, 5.41) is 6.29. The minimum absolute atomic E-state index is 0.148. The standard InChI is InChI=1S/C19H21ClN2O2/c1-2-13-21-19(24)15-8-4-6-10-17(15)22-18(23)12-11-14-7-3-5-9-16(14)20/h3-10H,2,11-13H2,1H3,(H,21,24)(H,22,23). The van der Waals surface area contributed by atoms with Gasteiger partial charge in [0.1, 0.15) is 0 Å². The van der Waals surface area contributed by atoms with E-state index in [-0.39, 0.29) is 11.8 Å². The van der Waals surface area contributed by atoms with E-state index in [0.717, 1.165) is 12.0 Å². The van der Waals surface area contributed by atoms with E-state index >= 15 is 0 Å². The number of anilines is 1. The third kappa shape index (κ3) is 5.10. The van der Waals surface area contributed by atoms with Crippen molar-refractivity contribution in [3.63, 3.8) is 0 Å². The third-order valence-electron chi connectivity index (χ3n) is 3.56. The molecule has 4 nitrogen and oxygen atoms in total. The van der Waals surface area contributed by atoms with Gasteiger partial charge in [-0.2, -0.15) is 0 Å². The second-order valence-electron chi connectivity index (χ2n) is 5.44. The molecule has 0 atom stereocenters. The third-order valence-corrected chi connectivity index (χ3v) is 3.93. The fraction of sp³-hybridized carbons (Fsp3) is 0.263. The zero-order valence-electron chi connectivity index (χ0n) is 13.6. The highest BCUT2D eigenvalue weighted by molar-refractivity contribution is 6.31. The van der Waals surface area contributed by atoms with Crippen molar-refractivity contribution in [2.75, 3.05) is 11.9 Å². The Morgan fingerprint density at radius 3 is 2.50 bits per heavy atom. The molecule has 0 unspecified atom stereocenters. The van der Waals surface area contributed by atoms with E-state index in [0.29, 0.717) is 35.7 Å². The summed E-state index contributed by atoms with van der Waals surface area (Å²) in [6.45, 7) is 2.59. The van der Waals surface area contributed by atoms with Gasteiger partial charge < -0.3 is 10.6 Å². The number of para-hydroxylation sites is 1. The van der Waals surface area contributed by atoms with Crippen molar-refractivity contribution in [3.05, 3.63) is 64.7 Å². The number of amides is 2. The van der Waals surface area contributed by atoms with Gasteiger partial charge >= 0.3 is 0 Å². The molecule has 0 radical (unpaired) electrons. The van der Waals surface area contributed by atoms with Gasteiger partial charge in [-0.1, -0.05) is 48.9 Å². The summed E-state index contributed by atoms with van der Waals surface area (Å²) in [6.07, 6.45) is 1.71. The second kappa shape index (κ2) is 9.08. The summed E-state index contributed by atoms with van der Waals surface area (Å²) in [7, 11) is 0. The molecule has 0 saturated heterocycles. The van der Waals surface area contributed by atoms with Gasteiger partial charge in [0.2, 0.25) is 5.91 Å². The SMILES string of the molecule is CCCNC(=O)c1ccccc1NC(=O)CCc1ccccc1Cl. The van der Waals surface area contributed by atoms with Gasteiger partial charge in [0.15, 0.2) is 0 Å². The number of carbonyl (C=O) groups excluding carboxylic acids is 2. The first-order chi connectivity index (χ1) is 11.6. The maximum atomic E-state index is 12.2. The van der Waals surface area contributed by atoms with Gasteiger partial charge in [0.25, 0.3) is 5.91 Å². The van der Waals surface area contributed by atoms with E-state index in [1.165, 1.54) is 0 Å². The van der Waals surface area contributed by atoms with Gasteiger partial charge in [-0.3, -0.25) is 9.59 Å². The van der Waals surface area contributed by atoms with Crippen LogP contribution in [0.1, 0.15) is 35.7 Å². The Kier molecular flexibility index (Phi) is 6.82. The molecule has 0 fully saturated rings. The lowest BCUT2D eigenvalue weighted by atomic mass is 10.1. The molecule has 2 rings (SSSR count). The molecule has 0 bridgehead atoms. The molecule has 2 aromatic carbocycles. The Balaban J connectivity index is 1.99. The summed E-state index contributed by atoms with van der Waals surface area (Å²) >= 11 is 6.10. The molecule has 0 aliphatic heterocycles. The highest BCUT2D eigenvalue weighted by atomic mass is 35.5. The number of halogens is 1. The summed E-state index contributed by atoms with van der Waals surface area (Å²) in [6, 6.07) is 14.5. The molecule has 24 heavy (non-hydrogen) atoms. The lowest BCUT2D eigenvalue weighted by Gasteiger charge is -2.11. The monoisotopic (exact) mass is 344 g/mol. The van der Waals surface area contributed by atoms with Crippen molar-refractivity contribution in [1.82, 2.24) is 5.32 Å². The van der Waals surface area contributed by atoms with Gasteiger partial charge in [-0.05, 0) is 36.6 Å². The molecule has 0 aliphatic carbocycles. The van der Waals surface area contributed by atoms with Crippen LogP contribution < -0.4 is 10.6 Å². The highest BCUT2D eigenvalue weighted by Gasteiger charge is 2.12. The number of nitrogens with one attached hydrogen (secondary N) is 2. The predicted molar refractivity (Wildman–Crippen MR) is 97.5 cm³/mol. The summed E-state index contributed by atoms with van der Waals surface area (Å²) in [5.41, 5.74) is 1.93. The average molecular weight is 345 g/mol. The number of rotatable bonds is 7. The highest BCUT2D eigenvalue weighted by Crippen LogP contribution is 2.18. The van der Waals surface area contributed by atoms with Crippen molar-refractivity contribution < 1.29 is 9.59 Å². The largest absolute Gasteiger partial charge is 0.352 e. The van der Waals surface area contributed by atoms with Crippen LogP contribution in [0.3, 0.4) is 0 Å². The van der Waals surface area contributed by atoms with E-state index in [1.807, 2.05) is 31.2 Å². The number of benzene rings is 2. The van der Waals surface area contributed by atoms with Crippen molar-refractivity contribution in [3.8, 4) is 0 Å². The minimum Gasteiger partial charge on any atom is -0.352 e. The molecule has 0 spiro atoms. The van der Waals surface area contributed by atoms with Crippen molar-refractivity contribution in [1.29, 1.82) is 0 Å². The van der Waals surface area contributed by atoms with Crippen molar-refractivity contribution >= 4 is 29.1 Å². The van der Waals surface area contributed by atoms with E-state index in [1.54, 1.807) is 24.3 Å². The molecule has 2 aromatic rings. The number of carbonyl (C=O) groups is 2. The van der Waals surface area contributed by atoms with Gasteiger partial charge in [-0.15, -0.1) is 0 Å². The molecule has 2 N–H and O–H groups in total. The first kappa shape index (κ1) is 18.0. The van der Waals surface area contributed by atoms with Crippen LogP contribution in [0.15, 0.2) is 48.5 Å². The summed E-state index contributed by atoms with van der Waals surface area (Å²) in [5.74, 6) is -0.329. The molecule has 2 amide bonds. The van der Waals surface area contributed by atoms with Crippen molar-refractivity contribution in [2.24, 2.45) is 0 Å². The van der Waals surface area contributed by atoms with Crippen LogP contribution in [-0.2, 0) is 11.2 Å². The van der Waals surface area contributed by atoms with E-state index < -0.39 is 0 Å². The Labute approximate surface area is 147 Å². The van der Waals surface area contributed by atoms with Crippen molar-refractivity contribution in [2.45, 2.75) is 26.2 Å². The molecule has 0 saturated carbocycles. The maximum Gasteiger partial charge on any atom is 0.253 e. The smallest absolute Gasteiger partial charge is 0.253 e. The quantitative estimate of drug-likeness (QED) is 0.796. The Morgan fingerprint density at radius 2 is 1.75 bits per heavy atom. The van der Waals surface area contributed by atoms with Crippen LogP contribution in [0.2, 0.25) is 5.02 Å². The fourth-order valence-corrected chi connectivity index (χ4v) is 2.52. The number of hydrogen-bond acceptors (Lipinski definition) is 2. The second-order valence-corrected chi connectivity index (χ2v) is 5.85. The normalized spacial score (nSPS) is 10.2. The van der Waals surface area contributed by atoms with Gasteiger partial charge in [0.05, 0.1) is 11.3 Å². The Morgan fingerprint density at radius 1 is 1.04 bits per heavy atom. The van der Waals surface area contributed by atoms with Crippen LogP contribution in [-0.4, -0.2) is 18.4 Å². The van der Waals surface area contributed by atoms with Crippen LogP contribution in [0.25, 0.3) is 0 Å². The van der Waals surface area contributed by atoms with Gasteiger partial charge in [0, 0.05) is 18.0 Å². The zero-order chi connectivity index (χ0) is 17.4. The van der Waals surface area contributed by atoms with Crippen LogP contribution in [0.4, 0.5) is 5.69 Å². The molecule has 126 valence electrons. The predicted octanol–water partition coefficient (Wildman–Crippen LogP) is 4.05. The topological polar surface area (TPSA) is 58.2 Å². The summed E-state index contributed by atoms with van der Waals surface area (Å²) in [4.78, 5) is 24.4. The molecule has 0 heterocycles. The zero-order valence-corrected chi connectivity index (χ0v) is 14.4. The Bertz CT molecular complexity index is 716. The number of hydrogen-bond donors (Lipinski definition) is 2. The molecular weight excluding hydrogens is 324 g/mol. The van der Waals surface area contributed by atoms with Crippen LogP contribution in [0.5, 0.6) is 0 Å². The first-order valence-corrected chi connectivity index (χ1v) is 8.40.